The minimum Gasteiger partial charge on any atom is -0.406 e. The Labute approximate surface area is 201 Å². The molecular formula is C22H27ClF3N5OS. The summed E-state index contributed by atoms with van der Waals surface area (Å²) in [5.74, 6) is 0.0161. The number of thioether (sulfide) groups is 1. The zero-order valence-corrected chi connectivity index (χ0v) is 20.0. The van der Waals surface area contributed by atoms with Crippen molar-refractivity contribution >= 4 is 35.5 Å². The van der Waals surface area contributed by atoms with E-state index in [9.17, 15) is 13.2 Å². The van der Waals surface area contributed by atoms with Crippen molar-refractivity contribution in [1.29, 1.82) is 0 Å². The molecule has 2 N–H and O–H groups in total. The molecule has 1 fully saturated rings. The van der Waals surface area contributed by atoms with Gasteiger partial charge in [0.25, 0.3) is 0 Å². The van der Waals surface area contributed by atoms with Crippen LogP contribution < -0.4 is 15.4 Å². The predicted octanol–water partition coefficient (Wildman–Crippen LogP) is 5.63. The third-order valence-corrected chi connectivity index (χ3v) is 6.50. The molecule has 0 unspecified atom stereocenters. The quantitative estimate of drug-likeness (QED) is 0.437. The van der Waals surface area contributed by atoms with Gasteiger partial charge in [0.2, 0.25) is 0 Å². The number of hydrogen-bond acceptors (Lipinski definition) is 6. The maximum atomic E-state index is 12.5. The SMILES string of the molecule is CC(C)c1cnc2c(NCc3cccc(OC(F)(F)F)c3)cc(SC3CCNCC3)nn12.Cl. The third-order valence-electron chi connectivity index (χ3n) is 5.25. The Balaban J connectivity index is 0.00000306. The van der Waals surface area contributed by atoms with Crippen LogP contribution in [0.3, 0.4) is 0 Å². The van der Waals surface area contributed by atoms with Crippen molar-refractivity contribution in [3.8, 4) is 5.75 Å². The van der Waals surface area contributed by atoms with Crippen LogP contribution in [0.5, 0.6) is 5.75 Å². The summed E-state index contributed by atoms with van der Waals surface area (Å²) in [5.41, 5.74) is 3.18. The van der Waals surface area contributed by atoms with Crippen LogP contribution >= 0.6 is 24.2 Å². The average molecular weight is 502 g/mol. The Morgan fingerprint density at radius 1 is 1.24 bits per heavy atom. The van der Waals surface area contributed by atoms with Crippen LogP contribution in [0.4, 0.5) is 18.9 Å². The molecule has 1 aliphatic heterocycles. The van der Waals surface area contributed by atoms with Gasteiger partial charge in [-0.15, -0.1) is 37.3 Å². The van der Waals surface area contributed by atoms with E-state index >= 15 is 0 Å². The summed E-state index contributed by atoms with van der Waals surface area (Å²) in [5, 5.41) is 12.9. The fourth-order valence-corrected chi connectivity index (χ4v) is 4.81. The van der Waals surface area contributed by atoms with E-state index in [2.05, 4.69) is 34.2 Å². The summed E-state index contributed by atoms with van der Waals surface area (Å²) in [4.78, 5) is 4.55. The van der Waals surface area contributed by atoms with Gasteiger partial charge >= 0.3 is 6.36 Å². The maximum absolute atomic E-state index is 12.5. The molecule has 3 heterocycles. The molecule has 6 nitrogen and oxygen atoms in total. The first kappa shape index (κ1) is 25.5. The van der Waals surface area contributed by atoms with Crippen molar-refractivity contribution in [2.24, 2.45) is 0 Å². The lowest BCUT2D eigenvalue weighted by atomic mass is 10.2. The Kier molecular flexibility index (Phi) is 8.36. The molecule has 0 radical (unpaired) electrons. The Morgan fingerprint density at radius 2 is 2.00 bits per heavy atom. The summed E-state index contributed by atoms with van der Waals surface area (Å²) in [7, 11) is 0. The zero-order valence-electron chi connectivity index (χ0n) is 18.4. The number of hydrogen-bond donors (Lipinski definition) is 2. The molecule has 1 aliphatic rings. The Bertz CT molecular complexity index is 1070. The normalized spacial score (nSPS) is 15.0. The molecule has 11 heteroatoms. The monoisotopic (exact) mass is 501 g/mol. The number of aromatic nitrogens is 3. The van der Waals surface area contributed by atoms with Crippen molar-refractivity contribution in [3.63, 3.8) is 0 Å². The molecule has 1 aromatic carbocycles. The second kappa shape index (κ2) is 10.8. The summed E-state index contributed by atoms with van der Waals surface area (Å²) in [6.45, 7) is 6.53. The number of rotatable bonds is 7. The van der Waals surface area contributed by atoms with E-state index in [0.717, 1.165) is 42.3 Å². The second-order valence-corrected chi connectivity index (χ2v) is 9.41. The van der Waals surface area contributed by atoms with Gasteiger partial charge in [-0.2, -0.15) is 5.10 Å². The lowest BCUT2D eigenvalue weighted by Crippen LogP contribution is -2.29. The largest absolute Gasteiger partial charge is 0.573 e. The summed E-state index contributed by atoms with van der Waals surface area (Å²) in [6.07, 6.45) is -0.720. The van der Waals surface area contributed by atoms with Crippen LogP contribution in [-0.4, -0.2) is 39.3 Å². The van der Waals surface area contributed by atoms with Gasteiger partial charge in [-0.3, -0.25) is 0 Å². The van der Waals surface area contributed by atoms with Crippen LogP contribution in [0, 0.1) is 0 Å². The molecule has 3 aromatic rings. The molecule has 0 atom stereocenters. The van der Waals surface area contributed by atoms with E-state index in [4.69, 9.17) is 5.10 Å². The lowest BCUT2D eigenvalue weighted by Gasteiger charge is -2.22. The van der Waals surface area contributed by atoms with Gasteiger partial charge in [-0.25, -0.2) is 9.50 Å². The molecule has 0 saturated carbocycles. The van der Waals surface area contributed by atoms with Gasteiger partial charge in [0, 0.05) is 11.8 Å². The van der Waals surface area contributed by atoms with E-state index in [1.54, 1.807) is 23.9 Å². The fourth-order valence-electron chi connectivity index (χ4n) is 3.68. The van der Waals surface area contributed by atoms with Crippen molar-refractivity contribution in [1.82, 2.24) is 19.9 Å². The highest BCUT2D eigenvalue weighted by Gasteiger charge is 2.31. The second-order valence-electron chi connectivity index (χ2n) is 8.09. The van der Waals surface area contributed by atoms with Gasteiger partial charge in [-0.05, 0) is 55.6 Å². The van der Waals surface area contributed by atoms with E-state index < -0.39 is 6.36 Å². The van der Waals surface area contributed by atoms with Crippen molar-refractivity contribution < 1.29 is 17.9 Å². The Hall–Kier alpha value is -2.17. The number of imidazole rings is 1. The van der Waals surface area contributed by atoms with Crippen LogP contribution in [0.25, 0.3) is 5.65 Å². The molecule has 0 spiro atoms. The lowest BCUT2D eigenvalue weighted by molar-refractivity contribution is -0.274. The van der Waals surface area contributed by atoms with E-state index in [1.165, 1.54) is 12.1 Å². The summed E-state index contributed by atoms with van der Waals surface area (Å²) < 4.78 is 43.5. The van der Waals surface area contributed by atoms with Crippen molar-refractivity contribution in [2.45, 2.75) is 55.8 Å². The molecule has 1 saturated heterocycles. The minimum atomic E-state index is -4.72. The third kappa shape index (κ3) is 6.68. The van der Waals surface area contributed by atoms with E-state index in [-0.39, 0.29) is 24.1 Å². The number of alkyl halides is 3. The molecule has 0 bridgehead atoms. The topological polar surface area (TPSA) is 63.5 Å². The number of fused-ring (bicyclic) bond motifs is 1. The molecular weight excluding hydrogens is 475 g/mol. The molecule has 0 amide bonds. The highest BCUT2D eigenvalue weighted by Crippen LogP contribution is 2.32. The fraction of sp³-hybridized carbons (Fsp3) is 0.455. The first-order chi connectivity index (χ1) is 15.3. The number of nitrogens with one attached hydrogen (secondary N) is 2. The number of nitrogens with zero attached hydrogens (tertiary/aromatic N) is 3. The maximum Gasteiger partial charge on any atom is 0.573 e. The first-order valence-electron chi connectivity index (χ1n) is 10.6. The van der Waals surface area contributed by atoms with E-state index in [1.807, 2.05) is 16.8 Å². The minimum absolute atomic E-state index is 0. The van der Waals surface area contributed by atoms with Crippen LogP contribution in [-0.2, 0) is 6.54 Å². The molecule has 0 aliphatic carbocycles. The summed E-state index contributed by atoms with van der Waals surface area (Å²) in [6, 6.07) is 7.96. The van der Waals surface area contributed by atoms with Crippen LogP contribution in [0.1, 0.15) is 43.9 Å². The van der Waals surface area contributed by atoms with Crippen molar-refractivity contribution in [2.75, 3.05) is 18.4 Å². The first-order valence-corrected chi connectivity index (χ1v) is 11.5. The molecule has 180 valence electrons. The molecule has 4 rings (SSSR count). The highest BCUT2D eigenvalue weighted by atomic mass is 35.5. The van der Waals surface area contributed by atoms with Crippen LogP contribution in [0.15, 0.2) is 41.6 Å². The van der Waals surface area contributed by atoms with Gasteiger partial charge in [0.15, 0.2) is 5.65 Å². The standard InChI is InChI=1S/C22H26F3N5OS.ClH/c1-14(2)19-13-28-21-18(11-20(29-30(19)21)32-17-6-8-26-9-7-17)27-12-15-4-3-5-16(10-15)31-22(23,24)25;/h3-5,10-11,13-14,17,26-27H,6-9,12H2,1-2H3;1H. The highest BCUT2D eigenvalue weighted by molar-refractivity contribution is 7.99. The van der Waals surface area contributed by atoms with Gasteiger partial charge in [0.05, 0.1) is 17.6 Å². The number of piperidine rings is 1. The van der Waals surface area contributed by atoms with E-state index in [0.29, 0.717) is 23.0 Å². The zero-order chi connectivity index (χ0) is 22.7. The van der Waals surface area contributed by atoms with Crippen LogP contribution in [0.2, 0.25) is 0 Å². The molecule has 2 aromatic heterocycles. The number of halogens is 4. The average Bonchev–Trinajstić information content (AvgIpc) is 3.16. The van der Waals surface area contributed by atoms with Gasteiger partial charge in [-0.1, -0.05) is 26.0 Å². The number of anilines is 1. The number of benzene rings is 1. The number of ether oxygens (including phenoxy) is 1. The van der Waals surface area contributed by atoms with Crippen molar-refractivity contribution in [3.05, 3.63) is 47.8 Å². The summed E-state index contributed by atoms with van der Waals surface area (Å²) >= 11 is 1.76. The predicted molar refractivity (Wildman–Crippen MR) is 127 cm³/mol. The van der Waals surface area contributed by atoms with Gasteiger partial charge < -0.3 is 15.4 Å². The Morgan fingerprint density at radius 3 is 2.70 bits per heavy atom. The van der Waals surface area contributed by atoms with Gasteiger partial charge in [0.1, 0.15) is 10.8 Å². The smallest absolute Gasteiger partial charge is 0.406 e. The molecule has 33 heavy (non-hydrogen) atoms.